The molecule has 0 atom stereocenters. The zero-order valence-electron chi connectivity index (χ0n) is 7.03. The van der Waals surface area contributed by atoms with Gasteiger partial charge in [0.15, 0.2) is 0 Å². The molecule has 0 aliphatic carbocycles. The lowest BCUT2D eigenvalue weighted by Gasteiger charge is -2.01. The largest absolute Gasteiger partial charge is 0.479 e. The minimum atomic E-state index is 0.256. The van der Waals surface area contributed by atoms with Gasteiger partial charge < -0.3 is 10.5 Å². The van der Waals surface area contributed by atoms with Crippen LogP contribution in [0.15, 0.2) is 12.1 Å². The van der Waals surface area contributed by atoms with Gasteiger partial charge in [0.05, 0.1) is 7.11 Å². The summed E-state index contributed by atoms with van der Waals surface area (Å²) in [6.07, 6.45) is 0. The predicted octanol–water partition coefficient (Wildman–Crippen LogP) is -0.195. The number of nitrogens with one attached hydrogen (secondary N) is 1. The molecule has 0 aliphatic heterocycles. The van der Waals surface area contributed by atoms with Crippen LogP contribution in [0.25, 0.3) is 0 Å². The number of aromatic nitrogens is 2. The van der Waals surface area contributed by atoms with E-state index in [4.69, 9.17) is 15.9 Å². The summed E-state index contributed by atoms with van der Waals surface area (Å²) >= 11 is 0. The van der Waals surface area contributed by atoms with E-state index in [2.05, 4.69) is 5.10 Å². The molecule has 0 unspecified atom stereocenters. The maximum atomic E-state index is 7.31. The van der Waals surface area contributed by atoms with Crippen molar-refractivity contribution in [3.05, 3.63) is 12.1 Å². The Labute approximate surface area is 70.3 Å². The molecule has 0 saturated carbocycles. The zero-order chi connectivity index (χ0) is 9.14. The number of methoxy groups -OCH3 is 1. The molecule has 1 aromatic rings. The second-order valence-corrected chi connectivity index (χ2v) is 2.30. The van der Waals surface area contributed by atoms with Gasteiger partial charge in [0, 0.05) is 19.1 Å². The van der Waals surface area contributed by atoms with E-state index in [1.165, 1.54) is 11.8 Å². The molecular formula is C7H11N4O+. The van der Waals surface area contributed by atoms with Crippen LogP contribution in [0, 0.1) is 5.41 Å². The van der Waals surface area contributed by atoms with Gasteiger partial charge in [0.2, 0.25) is 11.7 Å². The van der Waals surface area contributed by atoms with Gasteiger partial charge >= 0.3 is 0 Å². The van der Waals surface area contributed by atoms with Crippen LogP contribution < -0.4 is 15.2 Å². The van der Waals surface area contributed by atoms with Crippen LogP contribution in [0.4, 0.5) is 5.82 Å². The van der Waals surface area contributed by atoms with Gasteiger partial charge in [-0.1, -0.05) is 5.10 Å². The molecular weight excluding hydrogens is 156 g/mol. The molecule has 0 spiro atoms. The van der Waals surface area contributed by atoms with Crippen LogP contribution in [0.1, 0.15) is 6.92 Å². The molecule has 0 aliphatic rings. The second-order valence-electron chi connectivity index (χ2n) is 2.30. The zero-order valence-corrected chi connectivity index (χ0v) is 7.03. The summed E-state index contributed by atoms with van der Waals surface area (Å²) in [5, 5.41) is 11.2. The summed E-state index contributed by atoms with van der Waals surface area (Å²) in [5.41, 5.74) is 5.55. The Hall–Kier alpha value is -1.65. The lowest BCUT2D eigenvalue weighted by molar-refractivity contribution is -0.609. The molecule has 0 bridgehead atoms. The van der Waals surface area contributed by atoms with Crippen molar-refractivity contribution in [2.24, 2.45) is 0 Å². The summed E-state index contributed by atoms with van der Waals surface area (Å²) in [5.74, 6) is 1.12. The van der Waals surface area contributed by atoms with E-state index in [9.17, 15) is 0 Å². The summed E-state index contributed by atoms with van der Waals surface area (Å²) in [4.78, 5) is 0. The molecule has 1 rings (SSSR count). The highest BCUT2D eigenvalue weighted by atomic mass is 16.5. The quantitative estimate of drug-likeness (QED) is 0.345. The van der Waals surface area contributed by atoms with Gasteiger partial charge in [0.25, 0.3) is 5.84 Å². The minimum Gasteiger partial charge on any atom is -0.479 e. The van der Waals surface area contributed by atoms with E-state index < -0.39 is 0 Å². The molecule has 12 heavy (non-hydrogen) atoms. The fourth-order valence-corrected chi connectivity index (χ4v) is 0.794. The number of ether oxygens (including phenoxy) is 1. The smallest absolute Gasteiger partial charge is 0.251 e. The average molecular weight is 167 g/mol. The van der Waals surface area contributed by atoms with Crippen LogP contribution in [0.3, 0.4) is 0 Å². The summed E-state index contributed by atoms with van der Waals surface area (Å²) in [7, 11) is 1.52. The number of nitrogen functional groups attached to an aromatic ring is 1. The fraction of sp³-hybridized carbons (Fsp3) is 0.286. The SMILES string of the molecule is COc1ccc(N)[n+](C(C)=N)n1. The Morgan fingerprint density at radius 2 is 2.33 bits per heavy atom. The van der Waals surface area contributed by atoms with Gasteiger partial charge in [0.1, 0.15) is 0 Å². The first-order chi connectivity index (χ1) is 5.65. The molecule has 0 saturated heterocycles. The first kappa shape index (κ1) is 8.45. The summed E-state index contributed by atoms with van der Waals surface area (Å²) in [6.45, 7) is 1.60. The van der Waals surface area contributed by atoms with E-state index in [0.29, 0.717) is 11.7 Å². The maximum Gasteiger partial charge on any atom is 0.251 e. The van der Waals surface area contributed by atoms with E-state index in [1.54, 1.807) is 19.1 Å². The van der Waals surface area contributed by atoms with Crippen molar-refractivity contribution in [2.75, 3.05) is 12.8 Å². The first-order valence-corrected chi connectivity index (χ1v) is 3.43. The van der Waals surface area contributed by atoms with Crippen LogP contribution in [-0.2, 0) is 0 Å². The number of hydrogen-bond acceptors (Lipinski definition) is 4. The van der Waals surface area contributed by atoms with Crippen LogP contribution in [0.2, 0.25) is 0 Å². The second kappa shape index (κ2) is 3.17. The maximum absolute atomic E-state index is 7.31. The molecule has 1 aromatic heterocycles. The molecule has 0 fully saturated rings. The summed E-state index contributed by atoms with van der Waals surface area (Å²) in [6, 6.07) is 3.29. The molecule has 5 nitrogen and oxygen atoms in total. The van der Waals surface area contributed by atoms with Crippen molar-refractivity contribution in [3.8, 4) is 5.88 Å². The Bertz CT molecular complexity index is 310. The van der Waals surface area contributed by atoms with Crippen LogP contribution in [0.5, 0.6) is 5.88 Å². The lowest BCUT2D eigenvalue weighted by atomic mass is 10.5. The van der Waals surface area contributed by atoms with E-state index >= 15 is 0 Å². The third kappa shape index (κ3) is 1.50. The number of nitrogens with two attached hydrogens (primary N) is 1. The van der Waals surface area contributed by atoms with Crippen LogP contribution in [-0.4, -0.2) is 18.0 Å². The number of nitrogens with zero attached hydrogens (tertiary/aromatic N) is 2. The number of anilines is 1. The number of hydrogen-bond donors (Lipinski definition) is 2. The van der Waals surface area contributed by atoms with Crippen molar-refractivity contribution in [3.63, 3.8) is 0 Å². The van der Waals surface area contributed by atoms with E-state index in [1.807, 2.05) is 0 Å². The Kier molecular flexibility index (Phi) is 2.23. The molecule has 64 valence electrons. The van der Waals surface area contributed by atoms with Gasteiger partial charge in [-0.3, -0.25) is 0 Å². The fourth-order valence-electron chi connectivity index (χ4n) is 0.794. The van der Waals surface area contributed by atoms with Gasteiger partial charge in [-0.25, -0.2) is 0 Å². The molecule has 0 amide bonds. The highest BCUT2D eigenvalue weighted by Gasteiger charge is 2.08. The van der Waals surface area contributed by atoms with Crippen molar-refractivity contribution in [2.45, 2.75) is 6.92 Å². The third-order valence-electron chi connectivity index (χ3n) is 1.37. The monoisotopic (exact) mass is 167 g/mol. The van der Waals surface area contributed by atoms with Crippen molar-refractivity contribution in [1.82, 2.24) is 5.10 Å². The van der Waals surface area contributed by atoms with Gasteiger partial charge in [-0.05, 0) is 0 Å². The van der Waals surface area contributed by atoms with E-state index in [0.717, 1.165) is 0 Å². The normalized spacial score (nSPS) is 9.50. The Morgan fingerprint density at radius 3 is 2.83 bits per heavy atom. The molecule has 0 aromatic carbocycles. The van der Waals surface area contributed by atoms with Crippen molar-refractivity contribution < 1.29 is 9.42 Å². The molecule has 1 heterocycles. The average Bonchev–Trinajstić information content (AvgIpc) is 2.05. The Morgan fingerprint density at radius 1 is 1.67 bits per heavy atom. The first-order valence-electron chi connectivity index (χ1n) is 3.43. The summed E-state index contributed by atoms with van der Waals surface area (Å²) < 4.78 is 6.18. The van der Waals surface area contributed by atoms with Gasteiger partial charge in [-0.2, -0.15) is 5.41 Å². The van der Waals surface area contributed by atoms with Crippen LogP contribution >= 0.6 is 0 Å². The molecule has 3 N–H and O–H groups in total. The minimum absolute atomic E-state index is 0.256. The molecule has 5 heteroatoms. The molecule has 0 radical (unpaired) electrons. The Balaban J connectivity index is 3.17. The predicted molar refractivity (Wildman–Crippen MR) is 44.2 cm³/mol. The number of rotatable bonds is 1. The van der Waals surface area contributed by atoms with E-state index in [-0.39, 0.29) is 5.84 Å². The lowest BCUT2D eigenvalue weighted by Crippen LogP contribution is -2.46. The highest BCUT2D eigenvalue weighted by Crippen LogP contribution is 2.02. The van der Waals surface area contributed by atoms with Crippen molar-refractivity contribution >= 4 is 11.7 Å². The standard InChI is InChI=1S/C7H10N4O/c1-5(8)11-6(9)3-4-7(10-11)12-2/h3-4,8-9H,1-2H3/p+1. The highest BCUT2D eigenvalue weighted by molar-refractivity contribution is 5.67. The topological polar surface area (TPSA) is 75.9 Å². The van der Waals surface area contributed by atoms with Crippen molar-refractivity contribution in [1.29, 1.82) is 5.41 Å². The third-order valence-corrected chi connectivity index (χ3v) is 1.37. The van der Waals surface area contributed by atoms with Gasteiger partial charge in [-0.15, -0.1) is 4.68 Å².